The molecule has 2 aliphatic rings. The maximum absolute atomic E-state index is 11.0. The summed E-state index contributed by atoms with van der Waals surface area (Å²) in [5.74, 6) is 2.49. The van der Waals surface area contributed by atoms with E-state index in [0.717, 1.165) is 69.5 Å². The van der Waals surface area contributed by atoms with E-state index in [4.69, 9.17) is 50.1 Å². The van der Waals surface area contributed by atoms with E-state index in [9.17, 15) is 9.59 Å². The number of unbranched alkanes of at least 4 members (excludes halogenated alkanes) is 6. The number of aromatic nitrogens is 8. The van der Waals surface area contributed by atoms with Gasteiger partial charge in [-0.2, -0.15) is 0 Å². The van der Waals surface area contributed by atoms with E-state index in [2.05, 4.69) is 13.8 Å². The van der Waals surface area contributed by atoms with Crippen molar-refractivity contribution in [1.29, 1.82) is 0 Å². The summed E-state index contributed by atoms with van der Waals surface area (Å²) in [7, 11) is 0. The maximum Gasteiger partial charge on any atom is 0.159 e. The summed E-state index contributed by atoms with van der Waals surface area (Å²) >= 11 is 0. The molecule has 13 heteroatoms. The van der Waals surface area contributed by atoms with Gasteiger partial charge in [-0.25, -0.2) is 9.97 Å². The van der Waals surface area contributed by atoms with Crippen molar-refractivity contribution in [1.82, 2.24) is 39.9 Å². The number of benzene rings is 4. The van der Waals surface area contributed by atoms with Gasteiger partial charge in [-0.3, -0.25) is 9.59 Å². The van der Waals surface area contributed by atoms with Crippen LogP contribution in [-0.2, 0) is 35.4 Å². The quantitative estimate of drug-likeness (QED) is 0.0512. The second-order valence-corrected chi connectivity index (χ2v) is 15.8. The Labute approximate surface area is 397 Å². The van der Waals surface area contributed by atoms with Gasteiger partial charge in [-0.15, -0.1) is 0 Å². The van der Waals surface area contributed by atoms with Crippen LogP contribution < -0.4 is 9.97 Å². The predicted octanol–water partition coefficient (Wildman–Crippen LogP) is 12.1. The molecule has 0 atom stereocenters. The van der Waals surface area contributed by atoms with Crippen molar-refractivity contribution in [2.45, 2.75) is 91.9 Å². The van der Waals surface area contributed by atoms with Gasteiger partial charge in [-0.05, 0) is 48.2 Å². The smallest absolute Gasteiger partial charge is 0.159 e. The molecule has 0 fully saturated rings. The number of nitrogens with zero attached hydrogens (tertiary/aromatic N) is 8. The summed E-state index contributed by atoms with van der Waals surface area (Å²) in [6.07, 6.45) is 12.6. The van der Waals surface area contributed by atoms with Crippen molar-refractivity contribution >= 4 is 55.7 Å². The first kappa shape index (κ1) is 48.0. The van der Waals surface area contributed by atoms with Crippen molar-refractivity contribution in [3.05, 3.63) is 121 Å². The van der Waals surface area contributed by atoms with E-state index in [-0.39, 0.29) is 48.9 Å². The van der Waals surface area contributed by atoms with Gasteiger partial charge >= 0.3 is 0 Å². The van der Waals surface area contributed by atoms with Crippen LogP contribution in [0.4, 0.5) is 0 Å². The Morgan fingerprint density at radius 2 is 0.723 bits per heavy atom. The zero-order chi connectivity index (χ0) is 45.0. The van der Waals surface area contributed by atoms with E-state index in [1.807, 2.05) is 97.1 Å². The monoisotopic (exact) mass is 1030 g/mol. The molecule has 2 aliphatic heterocycles. The van der Waals surface area contributed by atoms with Crippen LogP contribution in [0, 0.1) is 0 Å². The van der Waals surface area contributed by atoms with Gasteiger partial charge in [0.1, 0.15) is 0 Å². The van der Waals surface area contributed by atoms with E-state index in [1.165, 1.54) is 51.7 Å². The largest absolute Gasteiger partial charge is 0.512 e. The number of carbonyl (C=O) groups is 2. The molecular formula is C52H52HfN8O4-2. The first-order chi connectivity index (χ1) is 31.1. The second-order valence-electron chi connectivity index (χ2n) is 15.8. The van der Waals surface area contributed by atoms with Gasteiger partial charge in [0, 0.05) is 95.7 Å². The summed E-state index contributed by atoms with van der Waals surface area (Å²) in [4.78, 5) is 61.2. The normalized spacial score (nSPS) is 11.7. The maximum atomic E-state index is 11.0. The summed E-state index contributed by atoms with van der Waals surface area (Å²) in [6.45, 7) is 7.31. The minimum absolute atomic E-state index is 0. The van der Waals surface area contributed by atoms with Gasteiger partial charge in [0.05, 0.1) is 34.8 Å². The number of ketones is 2. The molecule has 5 heterocycles. The fraction of sp³-hybridized carbons (Fsp3) is 0.269. The number of hydrogen-bond donors (Lipinski definition) is 2. The van der Waals surface area contributed by atoms with Crippen LogP contribution >= 0.6 is 0 Å². The summed E-state index contributed by atoms with van der Waals surface area (Å²) in [5, 5.41) is 21.1. The number of aliphatic hydroxyl groups is 2. The van der Waals surface area contributed by atoms with E-state index in [0.29, 0.717) is 58.7 Å². The molecule has 330 valence electrons. The zero-order valence-electron chi connectivity index (χ0n) is 37.3. The predicted molar refractivity (Wildman–Crippen MR) is 254 cm³/mol. The van der Waals surface area contributed by atoms with Gasteiger partial charge in [-0.1, -0.05) is 149 Å². The number of rotatable bonds is 12. The Morgan fingerprint density at radius 1 is 0.446 bits per heavy atom. The standard InChI is InChI=1S/C32H16N8.2C10H18O2.Hf/c1-2-10-18-17(9-1)25-33-26(18)38-28-21-13-5-6-14-22(21)30(35-28)40-32-24-16-8-7-15-23(24)31(36-32)39-29-20-12-4-3-11-19(20)27(34-29)37-25;2*1-3-4-5-6-7-10(12)8-9(2)11;/h1-16H;2*8,11H,3-7H2,1-2H3;/q-2;;;. The number of aliphatic hydroxyl groups excluding tert-OH is 2. The van der Waals surface area contributed by atoms with Crippen LogP contribution in [0.3, 0.4) is 0 Å². The molecule has 4 aromatic carbocycles. The first-order valence-corrected chi connectivity index (χ1v) is 22.0. The second kappa shape index (κ2) is 22.9. The van der Waals surface area contributed by atoms with Crippen molar-refractivity contribution in [3.8, 4) is 45.6 Å². The van der Waals surface area contributed by atoms with Crippen molar-refractivity contribution in [2.24, 2.45) is 0 Å². The van der Waals surface area contributed by atoms with Crippen LogP contribution in [0.25, 0.3) is 89.7 Å². The number of hydrogen-bond acceptors (Lipinski definition) is 10. The summed E-state index contributed by atoms with van der Waals surface area (Å²) in [6, 6.07) is 31.8. The molecule has 0 spiro atoms. The SMILES string of the molecule is CCCCCCC(=O)C=C(C)O.CCCCCCC(=O)C=C(C)O.[Hf].c1ccc2c(c1)-c1nc-2nc2[n-]c(nc3nc(nc4[n-]c(n1)c1ccccc41)-c1ccccc1-3)c1ccccc21. The average Bonchev–Trinajstić information content (AvgIpc) is 4.03. The molecular weight excluding hydrogens is 979 g/mol. The minimum Gasteiger partial charge on any atom is -0.512 e. The van der Waals surface area contributed by atoms with Crippen LogP contribution in [0.2, 0.25) is 0 Å². The third-order valence-electron chi connectivity index (χ3n) is 10.6. The van der Waals surface area contributed by atoms with E-state index >= 15 is 0 Å². The molecule has 65 heavy (non-hydrogen) atoms. The molecule has 2 N–H and O–H groups in total. The molecule has 0 unspecified atom stereocenters. The molecule has 0 radical (unpaired) electrons. The fourth-order valence-electron chi connectivity index (χ4n) is 7.52. The van der Waals surface area contributed by atoms with Gasteiger partial charge < -0.3 is 40.1 Å². The zero-order valence-corrected chi connectivity index (χ0v) is 40.8. The average molecular weight is 1030 g/mol. The molecule has 7 aromatic rings. The van der Waals surface area contributed by atoms with Crippen LogP contribution in [0.5, 0.6) is 0 Å². The molecule has 9 rings (SSSR count). The van der Waals surface area contributed by atoms with Crippen LogP contribution in [-0.4, -0.2) is 51.7 Å². The van der Waals surface area contributed by atoms with Gasteiger partial charge in [0.25, 0.3) is 0 Å². The Bertz CT molecular complexity index is 2680. The fourth-order valence-corrected chi connectivity index (χ4v) is 7.52. The molecule has 12 nitrogen and oxygen atoms in total. The molecule has 8 bridgehead atoms. The van der Waals surface area contributed by atoms with Gasteiger partial charge in [0.15, 0.2) is 11.6 Å². The Hall–Kier alpha value is -6.47. The van der Waals surface area contributed by atoms with Crippen molar-refractivity contribution in [3.63, 3.8) is 0 Å². The Morgan fingerprint density at radius 3 is 0.985 bits per heavy atom. The Kier molecular flexibility index (Phi) is 16.9. The number of allylic oxidation sites excluding steroid dienone is 4. The molecule has 0 saturated heterocycles. The Balaban J connectivity index is 0.000000234. The van der Waals surface area contributed by atoms with Gasteiger partial charge in [0.2, 0.25) is 0 Å². The van der Waals surface area contributed by atoms with Crippen LogP contribution in [0.15, 0.2) is 121 Å². The van der Waals surface area contributed by atoms with E-state index < -0.39 is 0 Å². The minimum atomic E-state index is 0. The van der Waals surface area contributed by atoms with Crippen molar-refractivity contribution < 1.29 is 45.6 Å². The topological polar surface area (TPSA) is 180 Å². The number of fused-ring (bicyclic) bond motifs is 20. The molecule has 0 saturated carbocycles. The molecule has 0 aliphatic carbocycles. The third kappa shape index (κ3) is 12.0. The molecule has 3 aromatic heterocycles. The first-order valence-electron chi connectivity index (χ1n) is 22.0. The molecule has 0 amide bonds. The van der Waals surface area contributed by atoms with E-state index in [1.54, 1.807) is 0 Å². The number of carbonyl (C=O) groups excluding carboxylic acids is 2. The summed E-state index contributed by atoms with van der Waals surface area (Å²) < 4.78 is 0. The van der Waals surface area contributed by atoms with Crippen molar-refractivity contribution in [2.75, 3.05) is 0 Å². The third-order valence-corrected chi connectivity index (χ3v) is 10.6. The summed E-state index contributed by atoms with van der Waals surface area (Å²) in [5.41, 5.74) is 5.78. The van der Waals surface area contributed by atoms with Crippen LogP contribution in [0.1, 0.15) is 91.9 Å².